The maximum Gasteiger partial charge on any atom is 0.0901 e. The molecule has 0 aliphatic heterocycles. The predicted molar refractivity (Wildman–Crippen MR) is 58.8 cm³/mol. The molecule has 2 aromatic rings. The van der Waals surface area contributed by atoms with E-state index in [0.29, 0.717) is 0 Å². The molecule has 0 amide bonds. The molecule has 2 rings (SSSR count). The molecule has 0 heterocycles. The fourth-order valence-electron chi connectivity index (χ4n) is 1.15. The summed E-state index contributed by atoms with van der Waals surface area (Å²) in [6.45, 7) is 0. The number of hydrogen-bond donors (Lipinski definition) is 1. The lowest BCUT2D eigenvalue weighted by Crippen LogP contribution is -1.87. The van der Waals surface area contributed by atoms with Crippen molar-refractivity contribution < 1.29 is 0 Å². The minimum absolute atomic E-state index is 0.718. The van der Waals surface area contributed by atoms with Crippen molar-refractivity contribution in [1.29, 1.82) is 0 Å². The van der Waals surface area contributed by atoms with Crippen LogP contribution < -0.4 is 5.32 Å². The number of benzene rings is 1. The zero-order valence-electron chi connectivity index (χ0n) is 7.42. The van der Waals surface area contributed by atoms with Crippen molar-refractivity contribution in [2.75, 3.05) is 5.32 Å². The molecule has 0 spiro atoms. The highest BCUT2D eigenvalue weighted by Crippen LogP contribution is 2.18. The summed E-state index contributed by atoms with van der Waals surface area (Å²) in [6, 6.07) is 19.0. The summed E-state index contributed by atoms with van der Waals surface area (Å²) in [7, 11) is 0. The molecule has 0 aliphatic rings. The predicted octanol–water partition coefficient (Wildman–Crippen LogP) is 3.68. The largest absolute Gasteiger partial charge is 0.349 e. The summed E-state index contributed by atoms with van der Waals surface area (Å²) in [6.07, 6.45) is 0. The van der Waals surface area contributed by atoms with Crippen LogP contribution in [-0.2, 0) is 0 Å². The Labute approximate surface area is 88.3 Å². The van der Waals surface area contributed by atoms with Crippen LogP contribution >= 0.6 is 11.6 Å². The highest BCUT2D eigenvalue weighted by atomic mass is 35.5. The van der Waals surface area contributed by atoms with Crippen molar-refractivity contribution in [2.24, 2.45) is 0 Å². The van der Waals surface area contributed by atoms with Gasteiger partial charge in [0.2, 0.25) is 0 Å². The second-order valence-corrected chi connectivity index (χ2v) is 3.28. The number of nitrogens with one attached hydrogen (secondary N) is 1. The van der Waals surface area contributed by atoms with Gasteiger partial charge in [-0.05, 0) is 36.4 Å². The van der Waals surface area contributed by atoms with Crippen molar-refractivity contribution in [3.8, 4) is 0 Å². The van der Waals surface area contributed by atoms with Gasteiger partial charge in [-0.3, -0.25) is 0 Å². The average Bonchev–Trinajstić information content (AvgIpc) is 2.19. The zero-order chi connectivity index (χ0) is 9.80. The lowest BCUT2D eigenvalue weighted by Gasteiger charge is -2.03. The lowest BCUT2D eigenvalue weighted by molar-refractivity contribution is 1.56. The van der Waals surface area contributed by atoms with E-state index in [1.807, 2.05) is 42.5 Å². The van der Waals surface area contributed by atoms with E-state index in [0.717, 1.165) is 16.4 Å². The SMILES string of the molecule is Clc1cccc(Nc2c#cccc2)c1. The van der Waals surface area contributed by atoms with E-state index in [2.05, 4.69) is 17.4 Å². The zero-order valence-corrected chi connectivity index (χ0v) is 8.18. The van der Waals surface area contributed by atoms with Crippen LogP contribution in [0.2, 0.25) is 5.02 Å². The van der Waals surface area contributed by atoms with Crippen LogP contribution in [0.4, 0.5) is 11.4 Å². The van der Waals surface area contributed by atoms with E-state index >= 15 is 0 Å². The molecule has 0 saturated heterocycles. The molecule has 68 valence electrons. The van der Waals surface area contributed by atoms with E-state index < -0.39 is 0 Å². The van der Waals surface area contributed by atoms with Crippen molar-refractivity contribution in [3.63, 3.8) is 0 Å². The van der Waals surface area contributed by atoms with Gasteiger partial charge in [-0.25, -0.2) is 0 Å². The lowest BCUT2D eigenvalue weighted by atomic mass is 10.3. The molecule has 14 heavy (non-hydrogen) atoms. The van der Waals surface area contributed by atoms with Crippen molar-refractivity contribution in [3.05, 3.63) is 59.6 Å². The Kier molecular flexibility index (Phi) is 2.58. The molecule has 0 radical (unpaired) electrons. The first-order valence-corrected chi connectivity index (χ1v) is 4.63. The molecule has 0 saturated carbocycles. The summed E-state index contributed by atoms with van der Waals surface area (Å²) in [5, 5.41) is 3.89. The second kappa shape index (κ2) is 4.04. The Balaban J connectivity index is 2.19. The van der Waals surface area contributed by atoms with Gasteiger partial charge in [-0.2, -0.15) is 0 Å². The molecule has 1 nitrogen and oxygen atoms in total. The molecule has 0 unspecified atom stereocenters. The summed E-state index contributed by atoms with van der Waals surface area (Å²) < 4.78 is 0. The van der Waals surface area contributed by atoms with Gasteiger partial charge >= 0.3 is 0 Å². The number of rotatable bonds is 2. The standard InChI is InChI=1S/C12H8ClN/c13-10-5-4-8-12(9-10)14-11-6-2-1-3-7-11/h1-2,4-6,8-9,14H. The minimum atomic E-state index is 0.718. The van der Waals surface area contributed by atoms with Gasteiger partial charge in [0.25, 0.3) is 0 Å². The Bertz CT molecular complexity index is 412. The molecule has 0 aliphatic carbocycles. The van der Waals surface area contributed by atoms with Crippen LogP contribution in [0, 0.1) is 12.1 Å². The third-order valence-corrected chi connectivity index (χ3v) is 1.99. The van der Waals surface area contributed by atoms with Gasteiger partial charge in [0.15, 0.2) is 0 Å². The Morgan fingerprint density at radius 1 is 1.14 bits per heavy atom. The van der Waals surface area contributed by atoms with Crippen LogP contribution in [0.3, 0.4) is 0 Å². The number of anilines is 2. The van der Waals surface area contributed by atoms with E-state index in [4.69, 9.17) is 11.6 Å². The fourth-order valence-corrected chi connectivity index (χ4v) is 1.34. The summed E-state index contributed by atoms with van der Waals surface area (Å²) in [5.74, 6) is 0. The molecular weight excluding hydrogens is 194 g/mol. The topological polar surface area (TPSA) is 12.0 Å². The quantitative estimate of drug-likeness (QED) is 0.782. The fraction of sp³-hybridized carbons (Fsp3) is 0. The monoisotopic (exact) mass is 201 g/mol. The molecule has 0 bridgehead atoms. The molecule has 2 aromatic carbocycles. The third-order valence-electron chi connectivity index (χ3n) is 1.75. The number of halogens is 1. The van der Waals surface area contributed by atoms with E-state index in [1.54, 1.807) is 0 Å². The Morgan fingerprint density at radius 2 is 2.07 bits per heavy atom. The molecule has 1 N–H and O–H groups in total. The molecule has 0 aromatic heterocycles. The normalized spacial score (nSPS) is 9.21. The van der Waals surface area contributed by atoms with Crippen molar-refractivity contribution >= 4 is 23.0 Å². The minimum Gasteiger partial charge on any atom is -0.349 e. The summed E-state index contributed by atoms with van der Waals surface area (Å²) in [5.41, 5.74) is 1.84. The van der Waals surface area contributed by atoms with Gasteiger partial charge in [0.05, 0.1) is 5.69 Å². The van der Waals surface area contributed by atoms with Crippen LogP contribution in [0.5, 0.6) is 0 Å². The molecule has 2 heteroatoms. The highest BCUT2D eigenvalue weighted by Gasteiger charge is 1.93. The van der Waals surface area contributed by atoms with E-state index in [9.17, 15) is 0 Å². The Morgan fingerprint density at radius 3 is 2.79 bits per heavy atom. The van der Waals surface area contributed by atoms with Crippen LogP contribution in [0.1, 0.15) is 0 Å². The number of hydrogen-bond acceptors (Lipinski definition) is 1. The van der Waals surface area contributed by atoms with E-state index in [1.165, 1.54) is 0 Å². The van der Waals surface area contributed by atoms with Crippen molar-refractivity contribution in [2.45, 2.75) is 0 Å². The van der Waals surface area contributed by atoms with Gasteiger partial charge in [-0.15, -0.1) is 0 Å². The molecular formula is C12H8ClN. The third kappa shape index (κ3) is 2.18. The van der Waals surface area contributed by atoms with Crippen LogP contribution in [-0.4, -0.2) is 0 Å². The van der Waals surface area contributed by atoms with E-state index in [-0.39, 0.29) is 0 Å². The van der Waals surface area contributed by atoms with Crippen molar-refractivity contribution in [1.82, 2.24) is 0 Å². The summed E-state index contributed by atoms with van der Waals surface area (Å²) in [4.78, 5) is 0. The first kappa shape index (κ1) is 8.93. The first-order valence-electron chi connectivity index (χ1n) is 4.25. The average molecular weight is 202 g/mol. The molecule has 0 atom stereocenters. The first-order chi connectivity index (χ1) is 6.84. The maximum absolute atomic E-state index is 5.85. The molecule has 0 fully saturated rings. The Hall–Kier alpha value is -1.65. The van der Waals surface area contributed by atoms with Gasteiger partial charge in [-0.1, -0.05) is 29.8 Å². The van der Waals surface area contributed by atoms with Gasteiger partial charge in [0, 0.05) is 10.7 Å². The second-order valence-electron chi connectivity index (χ2n) is 2.84. The maximum atomic E-state index is 5.85. The summed E-state index contributed by atoms with van der Waals surface area (Å²) >= 11 is 5.85. The van der Waals surface area contributed by atoms with Crippen LogP contribution in [0.15, 0.2) is 42.5 Å². The smallest absolute Gasteiger partial charge is 0.0901 e. The van der Waals surface area contributed by atoms with Crippen LogP contribution in [0.25, 0.3) is 0 Å². The van der Waals surface area contributed by atoms with Gasteiger partial charge < -0.3 is 5.32 Å². The van der Waals surface area contributed by atoms with Gasteiger partial charge in [0.1, 0.15) is 0 Å². The highest BCUT2D eigenvalue weighted by molar-refractivity contribution is 6.30.